The Kier molecular flexibility index (Phi) is 12.6. The number of hydrogen-bond donors (Lipinski definition) is 0. The van der Waals surface area contributed by atoms with Crippen LogP contribution < -0.4 is 0 Å². The van der Waals surface area contributed by atoms with Crippen molar-refractivity contribution < 1.29 is 9.59 Å². The van der Waals surface area contributed by atoms with Gasteiger partial charge in [-0.15, -0.1) is 68.0 Å². The lowest BCUT2D eigenvalue weighted by atomic mass is 9.94. The van der Waals surface area contributed by atoms with Crippen molar-refractivity contribution in [2.75, 3.05) is 13.1 Å². The van der Waals surface area contributed by atoms with Crippen LogP contribution in [0.2, 0.25) is 0 Å². The number of carbonyl (C=O) groups excluding carboxylic acids is 2. The topological polar surface area (TPSA) is 40.6 Å². The van der Waals surface area contributed by atoms with E-state index >= 15 is 9.59 Å². The zero-order valence-electron chi connectivity index (χ0n) is 32.6. The molecule has 1 saturated heterocycles. The molecule has 0 saturated carbocycles. The minimum absolute atomic E-state index is 0.0551. The molecule has 6 aromatic rings. The van der Waals surface area contributed by atoms with Crippen molar-refractivity contribution in [3.63, 3.8) is 0 Å². The maximum Gasteiger partial charge on any atom is 0.253 e. The van der Waals surface area contributed by atoms with Gasteiger partial charge in [0.15, 0.2) is 0 Å². The summed E-state index contributed by atoms with van der Waals surface area (Å²) in [5, 5.41) is 4.25. The molecule has 2 aliphatic rings. The third kappa shape index (κ3) is 7.86. The van der Waals surface area contributed by atoms with E-state index in [1.54, 1.807) is 45.3 Å². The number of amides is 2. The molecule has 1 fully saturated rings. The predicted molar refractivity (Wildman–Crippen MR) is 245 cm³/mol. The van der Waals surface area contributed by atoms with Gasteiger partial charge < -0.3 is 9.80 Å². The lowest BCUT2D eigenvalue weighted by molar-refractivity contribution is -0.131. The van der Waals surface area contributed by atoms with E-state index < -0.39 is 5.92 Å². The molecule has 8 heterocycles. The summed E-state index contributed by atoms with van der Waals surface area (Å²) in [5.41, 5.74) is 1.59. The molecule has 2 aliphatic heterocycles. The van der Waals surface area contributed by atoms with E-state index in [2.05, 4.69) is 121 Å². The van der Waals surface area contributed by atoms with E-state index in [-0.39, 0.29) is 17.9 Å². The van der Waals surface area contributed by atoms with Gasteiger partial charge in [0.2, 0.25) is 5.91 Å². The first-order valence-corrected chi connectivity index (χ1v) is 25.3. The molecule has 0 radical (unpaired) electrons. The first kappa shape index (κ1) is 39.7. The zero-order valence-corrected chi connectivity index (χ0v) is 37.5. The van der Waals surface area contributed by atoms with E-state index in [1.165, 1.54) is 39.0 Å². The van der Waals surface area contributed by atoms with Gasteiger partial charge in [0.05, 0.1) is 28.1 Å². The molecule has 56 heavy (non-hydrogen) atoms. The number of carbonyl (C=O) groups is 2. The molecule has 0 bridgehead atoms. The van der Waals surface area contributed by atoms with Crippen LogP contribution in [0.4, 0.5) is 0 Å². The molecule has 8 rings (SSSR count). The maximum absolute atomic E-state index is 15.2. The normalized spacial score (nSPS) is 18.1. The third-order valence-corrected chi connectivity index (χ3v) is 18.4. The van der Waals surface area contributed by atoms with Gasteiger partial charge in [-0.3, -0.25) is 9.59 Å². The van der Waals surface area contributed by atoms with Gasteiger partial charge in [0, 0.05) is 57.0 Å². The molecule has 2 amide bonds. The molecule has 0 N–H and O–H groups in total. The summed E-state index contributed by atoms with van der Waals surface area (Å²) in [6.45, 7) is 10.3. The molecule has 292 valence electrons. The monoisotopic (exact) mass is 854 g/mol. The van der Waals surface area contributed by atoms with Gasteiger partial charge in [-0.25, -0.2) is 0 Å². The minimum Gasteiger partial charge on any atom is -0.330 e. The van der Waals surface area contributed by atoms with Gasteiger partial charge in [0.1, 0.15) is 0 Å². The van der Waals surface area contributed by atoms with E-state index in [0.29, 0.717) is 24.9 Å². The number of thiophene rings is 6. The Morgan fingerprint density at radius 3 is 1.57 bits per heavy atom. The molecule has 0 spiro atoms. The summed E-state index contributed by atoms with van der Waals surface area (Å²) in [5.74, 6) is 0.415. The number of hydrogen-bond acceptors (Lipinski definition) is 8. The molecule has 6 aromatic heterocycles. The summed E-state index contributed by atoms with van der Waals surface area (Å²) in [6.07, 6.45) is 8.76. The van der Waals surface area contributed by atoms with Crippen molar-refractivity contribution in [3.8, 4) is 39.0 Å². The molecule has 0 aliphatic carbocycles. The standard InChI is InChI=1S/C46H50N2O2S6/c1-5-9-13-29(7-3)27-47-43(39-23-21-37(55-39)35-19-17-33(53-35)31-15-11-25-51-31)41-42(45(47)49)44(48(46(41)50)28-30(8-4)14-10-6-2)40-24-22-38(56-40)36-20-18-34(54-36)32-16-12-26-52-32/h11-12,15-26,29-30,41,43H,5-10,13-14,27-28H2,1-4H3/t29?,30?,41?,43-/m0/s1. The van der Waals surface area contributed by atoms with Crippen molar-refractivity contribution in [1.82, 2.24) is 9.80 Å². The molecular weight excluding hydrogens is 805 g/mol. The Hall–Kier alpha value is -3.12. The average molecular weight is 855 g/mol. The van der Waals surface area contributed by atoms with Crippen LogP contribution in [0.25, 0.3) is 44.7 Å². The Balaban J connectivity index is 1.21. The Morgan fingerprint density at radius 2 is 1.05 bits per heavy atom. The summed E-state index contributed by atoms with van der Waals surface area (Å²) in [7, 11) is 0. The molecule has 4 atom stereocenters. The first-order chi connectivity index (χ1) is 27.4. The second kappa shape index (κ2) is 17.8. The van der Waals surface area contributed by atoms with Crippen LogP contribution in [0.15, 0.2) is 89.1 Å². The van der Waals surface area contributed by atoms with Crippen molar-refractivity contribution >= 4 is 85.5 Å². The zero-order chi connectivity index (χ0) is 38.8. The fourth-order valence-corrected chi connectivity index (χ4v) is 14.4. The highest BCUT2D eigenvalue weighted by Gasteiger charge is 2.57. The van der Waals surface area contributed by atoms with Gasteiger partial charge in [0.25, 0.3) is 5.91 Å². The average Bonchev–Trinajstić information content (AvgIpc) is 4.06. The molecule has 4 nitrogen and oxygen atoms in total. The smallest absolute Gasteiger partial charge is 0.253 e. The summed E-state index contributed by atoms with van der Waals surface area (Å²) < 4.78 is 0. The summed E-state index contributed by atoms with van der Waals surface area (Å²) >= 11 is 10.7. The lowest BCUT2D eigenvalue weighted by Crippen LogP contribution is -2.39. The van der Waals surface area contributed by atoms with Crippen LogP contribution in [0.3, 0.4) is 0 Å². The highest BCUT2D eigenvalue weighted by Crippen LogP contribution is 2.54. The van der Waals surface area contributed by atoms with Gasteiger partial charge in [-0.1, -0.05) is 78.4 Å². The molecule has 10 heteroatoms. The van der Waals surface area contributed by atoms with Crippen LogP contribution >= 0.6 is 68.0 Å². The molecule has 3 unspecified atom stereocenters. The van der Waals surface area contributed by atoms with Crippen LogP contribution in [0.5, 0.6) is 0 Å². The quantitative estimate of drug-likeness (QED) is 0.0864. The van der Waals surface area contributed by atoms with E-state index in [1.807, 2.05) is 22.7 Å². The largest absolute Gasteiger partial charge is 0.330 e. The fourth-order valence-electron chi connectivity index (χ4n) is 8.30. The van der Waals surface area contributed by atoms with Crippen LogP contribution in [-0.2, 0) is 9.59 Å². The van der Waals surface area contributed by atoms with Crippen molar-refractivity contribution in [3.05, 3.63) is 98.9 Å². The Labute approximate surface area is 356 Å². The summed E-state index contributed by atoms with van der Waals surface area (Å²) in [6, 6.07) is 25.9. The van der Waals surface area contributed by atoms with Crippen LogP contribution in [0.1, 0.15) is 94.9 Å². The van der Waals surface area contributed by atoms with E-state index in [0.717, 1.165) is 72.4 Å². The van der Waals surface area contributed by atoms with Crippen molar-refractivity contribution in [1.29, 1.82) is 0 Å². The summed E-state index contributed by atoms with van der Waals surface area (Å²) in [4.78, 5) is 46.7. The fraction of sp³-hybridized carbons (Fsp3) is 0.391. The second-order valence-corrected chi connectivity index (χ2v) is 21.3. The number of rotatable bonds is 18. The van der Waals surface area contributed by atoms with Crippen molar-refractivity contribution in [2.24, 2.45) is 17.8 Å². The van der Waals surface area contributed by atoms with Gasteiger partial charge >= 0.3 is 0 Å². The van der Waals surface area contributed by atoms with Crippen LogP contribution in [0, 0.1) is 17.8 Å². The number of fused-ring (bicyclic) bond motifs is 1. The highest BCUT2D eigenvalue weighted by atomic mass is 32.1. The third-order valence-electron chi connectivity index (χ3n) is 11.5. The van der Waals surface area contributed by atoms with E-state index in [9.17, 15) is 0 Å². The van der Waals surface area contributed by atoms with Crippen LogP contribution in [-0.4, -0.2) is 34.7 Å². The molecule has 0 aromatic carbocycles. The minimum atomic E-state index is -0.515. The maximum atomic E-state index is 15.2. The first-order valence-electron chi connectivity index (χ1n) is 20.3. The lowest BCUT2D eigenvalue weighted by Gasteiger charge is -2.32. The van der Waals surface area contributed by atoms with Gasteiger partial charge in [-0.2, -0.15) is 0 Å². The number of unbranched alkanes of at least 4 members (excludes halogenated alkanes) is 2. The Morgan fingerprint density at radius 1 is 0.571 bits per heavy atom. The van der Waals surface area contributed by atoms with Crippen molar-refractivity contribution in [2.45, 2.75) is 85.1 Å². The molecular formula is C46H50N2O2S6. The van der Waals surface area contributed by atoms with E-state index in [4.69, 9.17) is 0 Å². The Bertz CT molecular complexity index is 2270. The second-order valence-electron chi connectivity index (χ2n) is 15.1. The predicted octanol–water partition coefficient (Wildman–Crippen LogP) is 14.9. The van der Waals surface area contributed by atoms with Gasteiger partial charge in [-0.05, 0) is 96.1 Å². The highest BCUT2D eigenvalue weighted by molar-refractivity contribution is 7.27. The SMILES string of the molecule is CCCCC(CC)CN1C(=O)C2C(=C1c1ccc(-c3ccc(-c4cccs4)s3)s1)C(=O)N(CC(CC)CCCC)[C@H]2c1ccc(-c2ccc(-c3cccs3)s2)s1. The number of likely N-dealkylation sites (tertiary alicyclic amines) is 1. The number of nitrogens with zero attached hydrogens (tertiary/aromatic N) is 2.